The van der Waals surface area contributed by atoms with Crippen molar-refractivity contribution in [3.05, 3.63) is 33.5 Å². The van der Waals surface area contributed by atoms with Crippen molar-refractivity contribution in [3.63, 3.8) is 0 Å². The van der Waals surface area contributed by atoms with Gasteiger partial charge in [0, 0.05) is 29.7 Å². The van der Waals surface area contributed by atoms with Crippen LogP contribution in [0.1, 0.15) is 41.3 Å². The highest BCUT2D eigenvalue weighted by Crippen LogP contribution is 2.20. The van der Waals surface area contributed by atoms with Crippen molar-refractivity contribution in [2.24, 2.45) is 0 Å². The first kappa shape index (κ1) is 11.9. The van der Waals surface area contributed by atoms with Crippen LogP contribution in [0.25, 0.3) is 0 Å². The fourth-order valence-corrected chi connectivity index (χ4v) is 3.07. The molecule has 1 aliphatic heterocycles. The smallest absolute Gasteiger partial charge is 0.0798 e. The maximum absolute atomic E-state index is 4.66. The summed E-state index contributed by atoms with van der Waals surface area (Å²) in [5.74, 6) is 0. The molecule has 2 aromatic heterocycles. The number of hydrogen-bond acceptors (Lipinski definition) is 4. The van der Waals surface area contributed by atoms with Gasteiger partial charge in [0.15, 0.2) is 0 Å². The topological polar surface area (TPSA) is 42.7 Å². The third-order valence-electron chi connectivity index (χ3n) is 3.54. The number of nitrogens with one attached hydrogen (secondary N) is 1. The van der Waals surface area contributed by atoms with E-state index in [4.69, 9.17) is 0 Å². The van der Waals surface area contributed by atoms with Crippen LogP contribution in [0.5, 0.6) is 0 Å². The number of aromatic nitrogens is 3. The molecule has 0 radical (unpaired) electrons. The number of aryl methyl sites for hydroxylation is 3. The Morgan fingerprint density at radius 3 is 3.17 bits per heavy atom. The predicted molar refractivity (Wildman–Crippen MR) is 72.7 cm³/mol. The molecule has 1 aliphatic rings. The van der Waals surface area contributed by atoms with E-state index in [-0.39, 0.29) is 0 Å². The van der Waals surface area contributed by atoms with Gasteiger partial charge in [-0.15, -0.1) is 11.3 Å². The average molecular weight is 262 g/mol. The van der Waals surface area contributed by atoms with Gasteiger partial charge < -0.3 is 5.32 Å². The fraction of sp³-hybridized carbons (Fsp3) is 0.538. The van der Waals surface area contributed by atoms with E-state index in [1.54, 1.807) is 11.3 Å². The van der Waals surface area contributed by atoms with Crippen molar-refractivity contribution in [3.8, 4) is 0 Å². The van der Waals surface area contributed by atoms with Crippen molar-refractivity contribution >= 4 is 11.3 Å². The Morgan fingerprint density at radius 2 is 2.44 bits per heavy atom. The van der Waals surface area contributed by atoms with Gasteiger partial charge >= 0.3 is 0 Å². The molecule has 18 heavy (non-hydrogen) atoms. The summed E-state index contributed by atoms with van der Waals surface area (Å²) in [5.41, 5.74) is 5.58. The van der Waals surface area contributed by atoms with Crippen LogP contribution in [0.4, 0.5) is 0 Å². The van der Waals surface area contributed by atoms with Crippen LogP contribution in [0.3, 0.4) is 0 Å². The van der Waals surface area contributed by atoms with Crippen LogP contribution in [-0.4, -0.2) is 14.8 Å². The molecule has 0 bridgehead atoms. The number of fused-ring (bicyclic) bond motifs is 1. The zero-order chi connectivity index (χ0) is 12.5. The third kappa shape index (κ3) is 2.20. The Hall–Kier alpha value is -1.20. The van der Waals surface area contributed by atoms with Gasteiger partial charge in [-0.1, -0.05) is 0 Å². The predicted octanol–water partition coefficient (Wildman–Crippen LogP) is 2.45. The van der Waals surface area contributed by atoms with Gasteiger partial charge in [-0.2, -0.15) is 5.10 Å². The van der Waals surface area contributed by atoms with Gasteiger partial charge in [-0.05, 0) is 32.8 Å². The molecule has 96 valence electrons. The number of thiazole rings is 1. The third-order valence-corrected chi connectivity index (χ3v) is 4.48. The summed E-state index contributed by atoms with van der Waals surface area (Å²) >= 11 is 1.71. The molecule has 0 unspecified atom stereocenters. The minimum absolute atomic E-state index is 0.296. The highest BCUT2D eigenvalue weighted by atomic mass is 32.1. The van der Waals surface area contributed by atoms with Gasteiger partial charge in [0.1, 0.15) is 0 Å². The van der Waals surface area contributed by atoms with Crippen molar-refractivity contribution in [1.29, 1.82) is 0 Å². The molecular weight excluding hydrogens is 244 g/mol. The molecule has 3 heterocycles. The Bertz CT molecular complexity index is 521. The largest absolute Gasteiger partial charge is 0.304 e. The lowest BCUT2D eigenvalue weighted by molar-refractivity contribution is 0.543. The number of rotatable bonds is 4. The van der Waals surface area contributed by atoms with Crippen LogP contribution in [0.2, 0.25) is 0 Å². The summed E-state index contributed by atoms with van der Waals surface area (Å²) in [4.78, 5) is 5.58. The van der Waals surface area contributed by atoms with Crippen molar-refractivity contribution in [2.45, 2.75) is 45.8 Å². The lowest BCUT2D eigenvalue weighted by Gasteiger charge is -2.10. The highest BCUT2D eigenvalue weighted by molar-refractivity contribution is 7.09. The summed E-state index contributed by atoms with van der Waals surface area (Å²) in [6.07, 6.45) is 2.41. The lowest BCUT2D eigenvalue weighted by atomic mass is 10.2. The minimum Gasteiger partial charge on any atom is -0.304 e. The maximum Gasteiger partial charge on any atom is 0.0798 e. The first-order valence-electron chi connectivity index (χ1n) is 6.43. The molecular formula is C13H18N4S. The molecule has 0 saturated carbocycles. The van der Waals surface area contributed by atoms with Crippen LogP contribution in [0, 0.1) is 6.92 Å². The molecule has 0 spiro atoms. The second kappa shape index (κ2) is 4.82. The molecule has 3 rings (SSSR count). The first-order chi connectivity index (χ1) is 8.74. The van der Waals surface area contributed by atoms with Gasteiger partial charge in [0.25, 0.3) is 0 Å². The maximum atomic E-state index is 4.66. The molecule has 0 fully saturated rings. The molecule has 0 saturated heterocycles. The minimum atomic E-state index is 0.296. The Kier molecular flexibility index (Phi) is 3.18. The average Bonchev–Trinajstić information content (AvgIpc) is 3.00. The Labute approximate surface area is 111 Å². The van der Waals surface area contributed by atoms with Crippen LogP contribution >= 0.6 is 11.3 Å². The monoisotopic (exact) mass is 262 g/mol. The second-order valence-corrected chi connectivity index (χ2v) is 5.79. The standard InChI is InChI=1S/C13H18N4S/c1-9(14-7-13-10(2)15-8-18-13)12-6-11-4-3-5-17(11)16-12/h6,8-9,14H,3-5,7H2,1-2H3/t9-/m1/s1. The molecule has 1 atom stereocenters. The van der Waals surface area contributed by atoms with Gasteiger partial charge in [0.05, 0.1) is 16.9 Å². The Morgan fingerprint density at radius 1 is 1.56 bits per heavy atom. The normalized spacial score (nSPS) is 15.9. The fourth-order valence-electron chi connectivity index (χ4n) is 2.34. The molecule has 5 heteroatoms. The summed E-state index contributed by atoms with van der Waals surface area (Å²) < 4.78 is 2.14. The first-order valence-corrected chi connectivity index (χ1v) is 7.31. The molecule has 4 nitrogen and oxygen atoms in total. The van der Waals surface area contributed by atoms with Crippen LogP contribution < -0.4 is 5.32 Å². The van der Waals surface area contributed by atoms with E-state index in [2.05, 4.69) is 40.0 Å². The summed E-state index contributed by atoms with van der Waals surface area (Å²) in [7, 11) is 0. The van der Waals surface area contributed by atoms with Gasteiger partial charge in [-0.3, -0.25) is 4.68 Å². The molecule has 1 N–H and O–H groups in total. The van der Waals surface area contributed by atoms with Crippen molar-refractivity contribution in [2.75, 3.05) is 0 Å². The molecule has 0 aliphatic carbocycles. The molecule has 0 amide bonds. The van der Waals surface area contributed by atoms with E-state index >= 15 is 0 Å². The summed E-state index contributed by atoms with van der Waals surface area (Å²) in [6, 6.07) is 2.54. The van der Waals surface area contributed by atoms with Crippen molar-refractivity contribution < 1.29 is 0 Å². The number of hydrogen-bond donors (Lipinski definition) is 1. The van der Waals surface area contributed by atoms with Gasteiger partial charge in [0.2, 0.25) is 0 Å². The summed E-state index contributed by atoms with van der Waals surface area (Å²) in [5, 5.41) is 8.18. The molecule has 2 aromatic rings. The second-order valence-electron chi connectivity index (χ2n) is 4.85. The Balaban J connectivity index is 1.64. The van der Waals surface area contributed by atoms with Gasteiger partial charge in [-0.25, -0.2) is 4.98 Å². The van der Waals surface area contributed by atoms with Crippen LogP contribution in [0.15, 0.2) is 11.6 Å². The van der Waals surface area contributed by atoms with E-state index in [0.717, 1.165) is 24.5 Å². The van der Waals surface area contributed by atoms with E-state index in [1.165, 1.54) is 23.4 Å². The lowest BCUT2D eigenvalue weighted by Crippen LogP contribution is -2.18. The highest BCUT2D eigenvalue weighted by Gasteiger charge is 2.17. The van der Waals surface area contributed by atoms with E-state index in [1.807, 2.05) is 5.51 Å². The summed E-state index contributed by atoms with van der Waals surface area (Å²) in [6.45, 7) is 6.19. The molecule has 0 aromatic carbocycles. The van der Waals surface area contributed by atoms with E-state index in [0.29, 0.717) is 6.04 Å². The SMILES string of the molecule is Cc1ncsc1CN[C@H](C)c1cc2n(n1)CCC2. The van der Waals surface area contributed by atoms with E-state index < -0.39 is 0 Å². The number of nitrogens with zero attached hydrogens (tertiary/aromatic N) is 3. The zero-order valence-electron chi connectivity index (χ0n) is 10.8. The quantitative estimate of drug-likeness (QED) is 0.920. The van der Waals surface area contributed by atoms with E-state index in [9.17, 15) is 0 Å². The zero-order valence-corrected chi connectivity index (χ0v) is 11.6. The van der Waals surface area contributed by atoms with Crippen LogP contribution in [-0.2, 0) is 19.5 Å². The van der Waals surface area contributed by atoms with Crippen molar-refractivity contribution in [1.82, 2.24) is 20.1 Å².